The number of carbonyl (C=O) groups is 2. The maximum atomic E-state index is 13.6. The maximum absolute atomic E-state index is 13.6. The minimum Gasteiger partial charge on any atom is -0.507 e. The summed E-state index contributed by atoms with van der Waals surface area (Å²) in [6, 6.07) is 19.2. The lowest BCUT2D eigenvalue weighted by atomic mass is 9.95. The number of aromatic nitrogens is 2. The number of rotatable bonds is 14. The molecule has 1 saturated heterocycles. The molecule has 1 unspecified atom stereocenters. The predicted octanol–water partition coefficient (Wildman–Crippen LogP) is 7.95. The number of benzene rings is 3. The summed E-state index contributed by atoms with van der Waals surface area (Å²) in [7, 11) is 0. The number of ether oxygens (including phenoxy) is 2. The van der Waals surface area contributed by atoms with Gasteiger partial charge in [-0.1, -0.05) is 74.1 Å². The van der Waals surface area contributed by atoms with E-state index in [0.29, 0.717) is 45.9 Å². The predicted molar refractivity (Wildman–Crippen MR) is 174 cm³/mol. The number of carbonyl (C=O) groups excluding carboxylic acids is 2. The van der Waals surface area contributed by atoms with Crippen LogP contribution in [0.25, 0.3) is 5.76 Å². The van der Waals surface area contributed by atoms with Gasteiger partial charge in [-0.25, -0.2) is 4.39 Å². The molecule has 0 aliphatic carbocycles. The van der Waals surface area contributed by atoms with Crippen molar-refractivity contribution in [1.82, 2.24) is 10.2 Å². The van der Waals surface area contributed by atoms with Crippen molar-refractivity contribution in [3.05, 3.63) is 101 Å². The average molecular weight is 648 g/mol. The molecule has 1 aliphatic rings. The molecule has 11 heteroatoms. The zero-order valence-corrected chi connectivity index (χ0v) is 26.7. The van der Waals surface area contributed by atoms with Crippen LogP contribution < -0.4 is 14.4 Å². The highest BCUT2D eigenvalue weighted by atomic mass is 32.2. The molecule has 8 nitrogen and oxygen atoms in total. The summed E-state index contributed by atoms with van der Waals surface area (Å²) in [6.45, 7) is 5.22. The van der Waals surface area contributed by atoms with E-state index < -0.39 is 17.7 Å². The van der Waals surface area contributed by atoms with Gasteiger partial charge in [0.25, 0.3) is 5.78 Å². The highest BCUT2D eigenvalue weighted by molar-refractivity contribution is 8.00. The molecule has 1 amide bonds. The lowest BCUT2D eigenvalue weighted by molar-refractivity contribution is -0.132. The van der Waals surface area contributed by atoms with Crippen LogP contribution in [0, 0.1) is 5.82 Å². The summed E-state index contributed by atoms with van der Waals surface area (Å²) in [4.78, 5) is 28.6. The van der Waals surface area contributed by atoms with Crippen molar-refractivity contribution in [1.29, 1.82) is 0 Å². The van der Waals surface area contributed by atoms with Crippen LogP contribution in [-0.2, 0) is 15.3 Å². The van der Waals surface area contributed by atoms with E-state index in [-0.39, 0.29) is 22.3 Å². The van der Waals surface area contributed by atoms with Crippen molar-refractivity contribution in [2.45, 2.75) is 55.7 Å². The number of amides is 1. The molecule has 45 heavy (non-hydrogen) atoms. The number of Topliss-reactive ketones (excluding diaryl/α,β-unsaturated/α-hetero) is 1. The number of ketones is 1. The second-order valence-corrected chi connectivity index (χ2v) is 12.6. The Morgan fingerprint density at radius 1 is 0.933 bits per heavy atom. The van der Waals surface area contributed by atoms with E-state index in [1.807, 2.05) is 13.0 Å². The molecular weight excluding hydrogens is 614 g/mol. The molecule has 5 rings (SSSR count). The monoisotopic (exact) mass is 647 g/mol. The van der Waals surface area contributed by atoms with E-state index in [4.69, 9.17) is 9.47 Å². The van der Waals surface area contributed by atoms with Crippen molar-refractivity contribution >= 4 is 45.7 Å². The maximum Gasteiger partial charge on any atom is 0.301 e. The largest absolute Gasteiger partial charge is 0.507 e. The molecule has 4 aromatic rings. The standard InChI is InChI=1S/C34H34FN3O5S2/c1-3-5-6-19-43-27-9-7-8-24(20-27)29-28(30(39)23-12-16-26(17-13-23)42-18-4-2)31(40)32(41)38(29)33-36-37-34(45-33)44-21-22-10-14-25(35)15-11-22/h7-17,20,29,39H,3-6,18-19,21H2,1-2H3/b30-28+. The summed E-state index contributed by atoms with van der Waals surface area (Å²) < 4.78 is 25.5. The number of anilines is 1. The normalized spacial score (nSPS) is 15.9. The van der Waals surface area contributed by atoms with Gasteiger partial charge in [0.05, 0.1) is 24.8 Å². The van der Waals surface area contributed by atoms with Gasteiger partial charge >= 0.3 is 5.91 Å². The van der Waals surface area contributed by atoms with Crippen LogP contribution in [0.4, 0.5) is 9.52 Å². The van der Waals surface area contributed by atoms with E-state index in [2.05, 4.69) is 17.1 Å². The molecule has 3 aromatic carbocycles. The second-order valence-electron chi connectivity index (χ2n) is 10.4. The molecular formula is C34H34FN3O5S2. The fourth-order valence-electron chi connectivity index (χ4n) is 4.83. The van der Waals surface area contributed by atoms with E-state index in [1.165, 1.54) is 40.1 Å². The van der Waals surface area contributed by atoms with E-state index >= 15 is 0 Å². The zero-order chi connectivity index (χ0) is 31.8. The quantitative estimate of drug-likeness (QED) is 0.0368. The zero-order valence-electron chi connectivity index (χ0n) is 25.1. The van der Waals surface area contributed by atoms with Crippen LogP contribution in [0.1, 0.15) is 62.3 Å². The Hall–Kier alpha value is -4.22. The minimum absolute atomic E-state index is 0.0546. The number of aliphatic hydroxyl groups is 1. The number of hydrogen-bond acceptors (Lipinski definition) is 9. The van der Waals surface area contributed by atoms with Crippen molar-refractivity contribution in [3.63, 3.8) is 0 Å². The van der Waals surface area contributed by atoms with E-state index in [0.717, 1.165) is 31.2 Å². The van der Waals surface area contributed by atoms with Crippen LogP contribution in [0.2, 0.25) is 0 Å². The van der Waals surface area contributed by atoms with Gasteiger partial charge in [0, 0.05) is 11.3 Å². The molecule has 0 spiro atoms. The van der Waals surface area contributed by atoms with Gasteiger partial charge in [0.15, 0.2) is 4.34 Å². The first kappa shape index (κ1) is 32.2. The molecule has 1 aliphatic heterocycles. The van der Waals surface area contributed by atoms with Crippen molar-refractivity contribution in [2.75, 3.05) is 18.1 Å². The molecule has 234 valence electrons. The molecule has 1 fully saturated rings. The highest BCUT2D eigenvalue weighted by Gasteiger charge is 2.48. The summed E-state index contributed by atoms with van der Waals surface area (Å²) in [5.41, 5.74) is 1.81. The third-order valence-electron chi connectivity index (χ3n) is 7.11. The topological polar surface area (TPSA) is 102 Å². The van der Waals surface area contributed by atoms with E-state index in [1.54, 1.807) is 54.6 Å². The summed E-state index contributed by atoms with van der Waals surface area (Å²) in [5.74, 6) is -0.496. The second kappa shape index (κ2) is 15.2. The SMILES string of the molecule is CCCCCOc1cccc(C2/C(=C(\O)c3ccc(OCCC)cc3)C(=O)C(=O)N2c2nnc(SCc3ccc(F)cc3)s2)c1. The van der Waals surface area contributed by atoms with Gasteiger partial charge < -0.3 is 14.6 Å². The Balaban J connectivity index is 1.50. The minimum atomic E-state index is -0.969. The Labute approximate surface area is 269 Å². The molecule has 0 saturated carbocycles. The van der Waals surface area contributed by atoms with Crippen molar-refractivity contribution in [3.8, 4) is 11.5 Å². The van der Waals surface area contributed by atoms with Crippen LogP contribution in [-0.4, -0.2) is 40.2 Å². The first-order valence-electron chi connectivity index (χ1n) is 14.9. The van der Waals surface area contributed by atoms with Gasteiger partial charge in [0.1, 0.15) is 23.1 Å². The highest BCUT2D eigenvalue weighted by Crippen LogP contribution is 2.44. The average Bonchev–Trinajstić information content (AvgIpc) is 3.63. The Morgan fingerprint density at radius 3 is 2.42 bits per heavy atom. The molecule has 2 heterocycles. The van der Waals surface area contributed by atoms with Crippen molar-refractivity contribution in [2.24, 2.45) is 0 Å². The summed E-state index contributed by atoms with van der Waals surface area (Å²) >= 11 is 2.56. The van der Waals surface area contributed by atoms with Crippen LogP contribution in [0.15, 0.2) is 82.7 Å². The van der Waals surface area contributed by atoms with Gasteiger partial charge in [-0.05, 0) is 72.5 Å². The van der Waals surface area contributed by atoms with Crippen LogP contribution in [0.3, 0.4) is 0 Å². The Morgan fingerprint density at radius 2 is 1.69 bits per heavy atom. The summed E-state index contributed by atoms with van der Waals surface area (Å²) in [6.07, 6.45) is 3.86. The van der Waals surface area contributed by atoms with Gasteiger partial charge in [-0.15, -0.1) is 10.2 Å². The first-order valence-corrected chi connectivity index (χ1v) is 16.7. The fourth-order valence-corrected chi connectivity index (χ4v) is 6.65. The molecule has 0 bridgehead atoms. The fraction of sp³-hybridized carbons (Fsp3) is 0.294. The molecule has 0 radical (unpaired) electrons. The third kappa shape index (κ3) is 7.72. The molecule has 1 aromatic heterocycles. The van der Waals surface area contributed by atoms with E-state index in [9.17, 15) is 19.1 Å². The smallest absolute Gasteiger partial charge is 0.301 e. The lowest BCUT2D eigenvalue weighted by Gasteiger charge is -2.23. The molecule has 1 N–H and O–H groups in total. The Bertz CT molecular complexity index is 1660. The number of hydrogen-bond donors (Lipinski definition) is 1. The molecule has 1 atom stereocenters. The first-order chi connectivity index (χ1) is 21.9. The lowest BCUT2D eigenvalue weighted by Crippen LogP contribution is -2.29. The number of unbranched alkanes of at least 4 members (excludes halogenated alkanes) is 2. The number of aliphatic hydroxyl groups excluding tert-OH is 1. The third-order valence-corrected chi connectivity index (χ3v) is 9.24. The number of nitrogens with zero attached hydrogens (tertiary/aromatic N) is 3. The Kier molecular flexibility index (Phi) is 10.9. The number of halogens is 1. The number of thioether (sulfide) groups is 1. The van der Waals surface area contributed by atoms with Crippen LogP contribution in [0.5, 0.6) is 11.5 Å². The van der Waals surface area contributed by atoms with Crippen molar-refractivity contribution < 1.29 is 28.6 Å². The van der Waals surface area contributed by atoms with Gasteiger partial charge in [-0.2, -0.15) is 0 Å². The van der Waals surface area contributed by atoms with Gasteiger partial charge in [0.2, 0.25) is 5.13 Å². The van der Waals surface area contributed by atoms with Gasteiger partial charge in [-0.3, -0.25) is 14.5 Å². The summed E-state index contributed by atoms with van der Waals surface area (Å²) in [5, 5.41) is 20.3. The van der Waals surface area contributed by atoms with Crippen LogP contribution >= 0.6 is 23.1 Å².